The van der Waals surface area contributed by atoms with Crippen LogP contribution in [0.5, 0.6) is 11.5 Å². The van der Waals surface area contributed by atoms with Crippen LogP contribution in [0.3, 0.4) is 0 Å². The lowest BCUT2D eigenvalue weighted by Crippen LogP contribution is -2.21. The molecule has 54 heavy (non-hydrogen) atoms. The molecule has 0 saturated carbocycles. The molecule has 0 aliphatic rings. The minimum atomic E-state index is -4.67. The number of urea groups is 1. The number of rotatable bonds is 8. The molecule has 0 bridgehead atoms. The number of aromatic hydroxyl groups is 2. The minimum Gasteiger partial charge on any atom is -0.508 e. The summed E-state index contributed by atoms with van der Waals surface area (Å²) < 4.78 is 66.7. The zero-order valence-corrected chi connectivity index (χ0v) is 29.8. The lowest BCUT2D eigenvalue weighted by atomic mass is 10.1. The minimum absolute atomic E-state index is 0.0892. The number of nitrogens with one attached hydrogen (secondary N) is 4. The molecule has 6 aromatic rings. The average Bonchev–Trinajstić information content (AvgIpc) is 3.08. The average molecular weight is 771 g/mol. The number of fused-ring (bicyclic) bond motifs is 2. The van der Waals surface area contributed by atoms with Gasteiger partial charge in [0.05, 0.1) is 0 Å². The number of aryl methyl sites for hydroxylation is 2. The van der Waals surface area contributed by atoms with Crippen LogP contribution < -0.4 is 21.3 Å². The van der Waals surface area contributed by atoms with Crippen molar-refractivity contribution in [1.29, 1.82) is 0 Å². The Balaban J connectivity index is 1.10. The molecule has 0 radical (unpaired) electrons. The Morgan fingerprint density at radius 2 is 0.889 bits per heavy atom. The number of carbonyl (C=O) groups excluding carboxylic acids is 3. The highest BCUT2D eigenvalue weighted by Gasteiger charge is 2.19. The summed E-state index contributed by atoms with van der Waals surface area (Å²) >= 11 is 0. The van der Waals surface area contributed by atoms with E-state index in [-0.39, 0.29) is 44.8 Å². The molecule has 0 spiro atoms. The van der Waals surface area contributed by atoms with Gasteiger partial charge in [-0.1, -0.05) is 12.1 Å². The first kappa shape index (κ1) is 37.2. The summed E-state index contributed by atoms with van der Waals surface area (Å²) in [4.78, 5) is 38.0. The van der Waals surface area contributed by atoms with Crippen LogP contribution in [0, 0.1) is 13.8 Å². The molecule has 0 fully saturated rings. The van der Waals surface area contributed by atoms with Crippen LogP contribution in [-0.2, 0) is 20.2 Å². The van der Waals surface area contributed by atoms with Crippen molar-refractivity contribution in [3.63, 3.8) is 0 Å². The molecule has 4 amide bonds. The van der Waals surface area contributed by atoms with E-state index in [4.69, 9.17) is 0 Å². The van der Waals surface area contributed by atoms with Crippen LogP contribution in [0.4, 0.5) is 27.5 Å². The van der Waals surface area contributed by atoms with Gasteiger partial charge in [0.2, 0.25) is 0 Å². The maximum absolute atomic E-state index is 13.1. The molecule has 0 unspecified atom stereocenters. The van der Waals surface area contributed by atoms with Gasteiger partial charge < -0.3 is 31.5 Å². The lowest BCUT2D eigenvalue weighted by molar-refractivity contribution is 0.101. The number of phenols is 2. The molecule has 276 valence electrons. The summed E-state index contributed by atoms with van der Waals surface area (Å²) in [5.41, 5.74) is 2.78. The van der Waals surface area contributed by atoms with Crippen molar-refractivity contribution in [3.8, 4) is 11.5 Å². The smallest absolute Gasteiger partial charge is 0.323 e. The summed E-state index contributed by atoms with van der Waals surface area (Å²) in [5, 5.41) is 31.3. The maximum Gasteiger partial charge on any atom is 0.323 e. The number of benzene rings is 6. The molecule has 0 saturated heterocycles. The first-order valence-electron chi connectivity index (χ1n) is 15.8. The van der Waals surface area contributed by atoms with E-state index in [1.165, 1.54) is 84.9 Å². The van der Waals surface area contributed by atoms with E-state index in [0.717, 1.165) is 12.1 Å². The van der Waals surface area contributed by atoms with Gasteiger partial charge in [-0.2, -0.15) is 16.8 Å². The topological polar surface area (TPSA) is 249 Å². The number of hydrogen-bond donors (Lipinski definition) is 8. The first-order chi connectivity index (χ1) is 25.3. The second-order valence-corrected chi connectivity index (χ2v) is 15.0. The molecule has 6 rings (SSSR count). The fourth-order valence-corrected chi connectivity index (χ4v) is 7.22. The summed E-state index contributed by atoms with van der Waals surface area (Å²) in [6, 6.07) is 21.6. The van der Waals surface area contributed by atoms with Gasteiger partial charge in [-0.25, -0.2) is 4.79 Å². The van der Waals surface area contributed by atoms with Crippen molar-refractivity contribution < 1.29 is 50.5 Å². The monoisotopic (exact) mass is 770 g/mol. The molecule has 0 aromatic heterocycles. The highest BCUT2D eigenvalue weighted by atomic mass is 32.2. The Morgan fingerprint density at radius 1 is 0.500 bits per heavy atom. The van der Waals surface area contributed by atoms with Crippen molar-refractivity contribution in [2.45, 2.75) is 23.6 Å². The van der Waals surface area contributed by atoms with Gasteiger partial charge in [-0.15, -0.1) is 0 Å². The quantitative estimate of drug-likeness (QED) is 0.0760. The SMILES string of the molecule is Cc1cc(C(=O)Nc2ccc3cc(O)cc(S(=O)(=O)O)c3c2)ccc1NC(=O)Nc1ccc(C(=O)Nc2ccc3cc(O)cc(S(=O)(=O)O)c3c2)cc1C. The predicted molar refractivity (Wildman–Crippen MR) is 202 cm³/mol. The first-order valence-corrected chi connectivity index (χ1v) is 18.6. The van der Waals surface area contributed by atoms with Crippen LogP contribution in [-0.4, -0.2) is 54.0 Å². The van der Waals surface area contributed by atoms with Crippen molar-refractivity contribution in [3.05, 3.63) is 119 Å². The van der Waals surface area contributed by atoms with Crippen LogP contribution >= 0.6 is 0 Å². The Kier molecular flexibility index (Phi) is 9.74. The molecular weight excluding hydrogens is 741 g/mol. The fraction of sp³-hybridized carbons (Fsp3) is 0.0541. The van der Waals surface area contributed by atoms with Crippen LogP contribution in [0.1, 0.15) is 31.8 Å². The van der Waals surface area contributed by atoms with E-state index in [0.29, 0.717) is 33.3 Å². The van der Waals surface area contributed by atoms with E-state index in [9.17, 15) is 50.5 Å². The zero-order valence-electron chi connectivity index (χ0n) is 28.2. The highest BCUT2D eigenvalue weighted by molar-refractivity contribution is 7.86. The molecule has 0 aliphatic heterocycles. The Morgan fingerprint density at radius 3 is 1.24 bits per heavy atom. The molecule has 17 heteroatoms. The standard InChI is InChI=1S/C37H30N4O11S2/c1-19-11-23(35(44)38-25-7-3-21-13-27(42)17-33(29(21)15-25)53(47,48)49)5-9-31(19)40-37(46)41-32-10-6-24(12-20(32)2)36(45)39-26-8-4-22-14-28(43)18-34(30(22)16-26)54(50,51)52/h3-18,42-43H,1-2H3,(H,38,44)(H,39,45)(H2,40,41,46)(H,47,48,49)(H,50,51,52). The summed E-state index contributed by atoms with van der Waals surface area (Å²) in [6.45, 7) is 3.35. The van der Waals surface area contributed by atoms with Crippen LogP contribution in [0.15, 0.2) is 107 Å². The van der Waals surface area contributed by atoms with Crippen molar-refractivity contribution >= 4 is 82.4 Å². The van der Waals surface area contributed by atoms with Gasteiger partial charge in [-0.05, 0) is 109 Å². The largest absolute Gasteiger partial charge is 0.508 e. The Labute approximate surface area is 307 Å². The highest BCUT2D eigenvalue weighted by Crippen LogP contribution is 2.32. The second kappa shape index (κ2) is 14.1. The summed E-state index contributed by atoms with van der Waals surface area (Å²) in [6.07, 6.45) is 0. The fourth-order valence-electron chi connectivity index (χ4n) is 5.77. The summed E-state index contributed by atoms with van der Waals surface area (Å²) in [5.74, 6) is -1.79. The van der Waals surface area contributed by atoms with Gasteiger partial charge in [0.15, 0.2) is 0 Å². The molecule has 0 aliphatic carbocycles. The Bertz CT molecular complexity index is 2600. The van der Waals surface area contributed by atoms with Gasteiger partial charge in [0.25, 0.3) is 32.1 Å². The Hall–Kier alpha value is -6.53. The van der Waals surface area contributed by atoms with E-state index in [1.807, 2.05) is 0 Å². The second-order valence-electron chi connectivity index (χ2n) is 12.3. The normalized spacial score (nSPS) is 11.6. The molecule has 8 N–H and O–H groups in total. The van der Waals surface area contributed by atoms with E-state index >= 15 is 0 Å². The number of hydrogen-bond acceptors (Lipinski definition) is 9. The number of amides is 4. The van der Waals surface area contributed by atoms with E-state index in [1.54, 1.807) is 13.8 Å². The van der Waals surface area contributed by atoms with Crippen molar-refractivity contribution in [2.24, 2.45) is 0 Å². The third-order valence-corrected chi connectivity index (χ3v) is 10.1. The maximum atomic E-state index is 13.1. The van der Waals surface area contributed by atoms with Gasteiger partial charge >= 0.3 is 6.03 Å². The van der Waals surface area contributed by atoms with Gasteiger partial charge in [0, 0.05) is 56.8 Å². The van der Waals surface area contributed by atoms with Crippen molar-refractivity contribution in [1.82, 2.24) is 0 Å². The number of phenolic OH excluding ortho intramolecular Hbond substituents is 2. The lowest BCUT2D eigenvalue weighted by Gasteiger charge is -2.14. The third kappa shape index (κ3) is 8.08. The zero-order chi connectivity index (χ0) is 39.1. The van der Waals surface area contributed by atoms with Crippen LogP contribution in [0.25, 0.3) is 21.5 Å². The third-order valence-electron chi connectivity index (χ3n) is 8.35. The van der Waals surface area contributed by atoms with Crippen molar-refractivity contribution in [2.75, 3.05) is 21.3 Å². The molecule has 0 heterocycles. The predicted octanol–water partition coefficient (Wildman–Crippen LogP) is 6.66. The summed E-state index contributed by atoms with van der Waals surface area (Å²) in [7, 11) is -9.35. The van der Waals surface area contributed by atoms with E-state index < -0.39 is 47.9 Å². The van der Waals surface area contributed by atoms with E-state index in [2.05, 4.69) is 21.3 Å². The number of anilines is 4. The molecular formula is C37H30N4O11S2. The molecule has 6 aromatic carbocycles. The van der Waals surface area contributed by atoms with Gasteiger partial charge in [-0.3, -0.25) is 18.7 Å². The van der Waals surface area contributed by atoms with Crippen LogP contribution in [0.2, 0.25) is 0 Å². The molecule has 0 atom stereocenters. The number of carbonyl (C=O) groups is 3. The van der Waals surface area contributed by atoms with Gasteiger partial charge in [0.1, 0.15) is 21.3 Å². The molecule has 15 nitrogen and oxygen atoms in total.